The predicted octanol–water partition coefficient (Wildman–Crippen LogP) is 6.88. The van der Waals surface area contributed by atoms with E-state index < -0.39 is 0 Å². The van der Waals surface area contributed by atoms with Crippen molar-refractivity contribution in [3.63, 3.8) is 0 Å². The Bertz CT molecular complexity index is 867. The van der Waals surface area contributed by atoms with Crippen LogP contribution in [0.5, 0.6) is 0 Å². The van der Waals surface area contributed by atoms with E-state index in [4.69, 9.17) is 11.6 Å². The van der Waals surface area contributed by atoms with Crippen LogP contribution in [-0.2, 0) is 9.59 Å². The van der Waals surface area contributed by atoms with Crippen molar-refractivity contribution in [1.29, 1.82) is 0 Å². The summed E-state index contributed by atoms with van der Waals surface area (Å²) >= 11 is 6.46. The summed E-state index contributed by atoms with van der Waals surface area (Å²) in [5.74, 6) is 0.159. The third-order valence-electron chi connectivity index (χ3n) is 6.92. The van der Waals surface area contributed by atoms with E-state index in [0.717, 1.165) is 44.0 Å². The summed E-state index contributed by atoms with van der Waals surface area (Å²) in [5, 5.41) is 10.5. The van der Waals surface area contributed by atoms with Crippen LogP contribution in [0.15, 0.2) is 29.3 Å². The van der Waals surface area contributed by atoms with Gasteiger partial charge in [-0.3, -0.25) is 9.59 Å². The molecule has 2 aliphatic rings. The van der Waals surface area contributed by atoms with Gasteiger partial charge in [0, 0.05) is 28.7 Å². The van der Waals surface area contributed by atoms with Crippen molar-refractivity contribution in [3.05, 3.63) is 34.4 Å². The lowest BCUT2D eigenvalue weighted by Crippen LogP contribution is -2.38. The summed E-state index contributed by atoms with van der Waals surface area (Å²) in [4.78, 5) is 26.2. The summed E-state index contributed by atoms with van der Waals surface area (Å²) < 4.78 is 0. The quantitative estimate of drug-likeness (QED) is 0.330. The number of benzene rings is 1. The lowest BCUT2D eigenvalue weighted by molar-refractivity contribution is -0.119. The first-order chi connectivity index (χ1) is 15.9. The summed E-state index contributed by atoms with van der Waals surface area (Å²) in [5.41, 5.74) is 2.84. The Hall–Kier alpha value is -1.58. The fraction of sp³-hybridized carbons (Fsp3) is 0.615. The lowest BCUT2D eigenvalue weighted by Gasteiger charge is -2.26. The average molecular weight is 492 g/mol. The first kappa shape index (κ1) is 26.0. The molecule has 1 fully saturated rings. The van der Waals surface area contributed by atoms with Crippen LogP contribution < -0.4 is 16.0 Å². The molecule has 7 heteroatoms. The van der Waals surface area contributed by atoms with Gasteiger partial charge in [-0.15, -0.1) is 0 Å². The first-order valence-corrected chi connectivity index (χ1v) is 15.0. The highest BCUT2D eigenvalue weighted by molar-refractivity contribution is 7.57. The molecule has 0 bridgehead atoms. The second-order valence-electron chi connectivity index (χ2n) is 9.26. The van der Waals surface area contributed by atoms with Crippen molar-refractivity contribution in [3.8, 4) is 0 Å². The SMILES string of the molecule is CCC(Nc1cc(NC(=O)C2=C(C(=O)NC3CCCCC3)CCCC2)ccc1Cl)P(C)CC. The van der Waals surface area contributed by atoms with Gasteiger partial charge in [0.05, 0.1) is 10.7 Å². The van der Waals surface area contributed by atoms with Crippen LogP contribution in [0.25, 0.3) is 0 Å². The van der Waals surface area contributed by atoms with Gasteiger partial charge < -0.3 is 16.0 Å². The zero-order chi connectivity index (χ0) is 23.8. The van der Waals surface area contributed by atoms with Gasteiger partial charge in [-0.1, -0.05) is 52.6 Å². The second-order valence-corrected chi connectivity index (χ2v) is 12.4. The number of amides is 2. The van der Waals surface area contributed by atoms with E-state index in [-0.39, 0.29) is 25.8 Å². The first-order valence-electron chi connectivity index (χ1n) is 12.5. The number of halogens is 1. The maximum atomic E-state index is 13.2. The van der Waals surface area contributed by atoms with Gasteiger partial charge in [0.1, 0.15) is 0 Å². The highest BCUT2D eigenvalue weighted by atomic mass is 35.5. The molecule has 2 amide bonds. The van der Waals surface area contributed by atoms with Crippen molar-refractivity contribution in [1.82, 2.24) is 5.32 Å². The number of hydrogen-bond acceptors (Lipinski definition) is 3. The van der Waals surface area contributed by atoms with E-state index in [1.54, 1.807) is 0 Å². The Morgan fingerprint density at radius 1 is 1.03 bits per heavy atom. The number of anilines is 2. The summed E-state index contributed by atoms with van der Waals surface area (Å²) in [6, 6.07) is 5.80. The summed E-state index contributed by atoms with van der Waals surface area (Å²) in [6.07, 6.45) is 11.0. The smallest absolute Gasteiger partial charge is 0.252 e. The standard InChI is InChI=1S/C26H39ClN3O2P/c1-4-24(33(3)5-2)30-23-17-19(15-16-22(23)27)29-26(32)21-14-10-9-13-20(21)25(31)28-18-11-7-6-8-12-18/h15-18,24,30H,4-14H2,1-3H3,(H,28,31)(H,29,32). The van der Waals surface area contributed by atoms with Gasteiger partial charge in [-0.25, -0.2) is 0 Å². The number of carbonyl (C=O) groups excluding carboxylic acids is 2. The van der Waals surface area contributed by atoms with Crippen molar-refractivity contribution in [2.45, 2.75) is 89.9 Å². The van der Waals surface area contributed by atoms with Crippen LogP contribution in [0.3, 0.4) is 0 Å². The Balaban J connectivity index is 1.73. The van der Waals surface area contributed by atoms with Crippen molar-refractivity contribution < 1.29 is 9.59 Å². The van der Waals surface area contributed by atoms with Crippen molar-refractivity contribution >= 4 is 42.7 Å². The minimum absolute atomic E-state index is 0.0492. The van der Waals surface area contributed by atoms with E-state index in [1.807, 2.05) is 18.2 Å². The molecule has 0 aliphatic heterocycles. The molecule has 33 heavy (non-hydrogen) atoms. The second kappa shape index (κ2) is 12.8. The molecule has 0 spiro atoms. The third kappa shape index (κ3) is 7.20. The van der Waals surface area contributed by atoms with Crippen LogP contribution in [0, 0.1) is 0 Å². The van der Waals surface area contributed by atoms with Crippen LogP contribution in [-0.4, -0.2) is 36.5 Å². The van der Waals surface area contributed by atoms with E-state index in [0.29, 0.717) is 40.5 Å². The highest BCUT2D eigenvalue weighted by Gasteiger charge is 2.26. The van der Waals surface area contributed by atoms with E-state index in [2.05, 4.69) is 36.5 Å². The van der Waals surface area contributed by atoms with Crippen LogP contribution in [0.2, 0.25) is 5.02 Å². The third-order valence-corrected chi connectivity index (χ3v) is 9.81. The van der Waals surface area contributed by atoms with Crippen LogP contribution >= 0.6 is 19.5 Å². The van der Waals surface area contributed by atoms with Crippen molar-refractivity contribution in [2.24, 2.45) is 0 Å². The lowest BCUT2D eigenvalue weighted by atomic mass is 9.89. The molecule has 2 atom stereocenters. The zero-order valence-corrected chi connectivity index (χ0v) is 22.0. The number of hydrogen-bond donors (Lipinski definition) is 3. The monoisotopic (exact) mass is 491 g/mol. The average Bonchev–Trinajstić information content (AvgIpc) is 2.84. The normalized spacial score (nSPS) is 19.0. The molecule has 5 nitrogen and oxygen atoms in total. The Kier molecular flexibility index (Phi) is 10.1. The minimum Gasteiger partial charge on any atom is -0.377 e. The molecule has 0 radical (unpaired) electrons. The molecule has 2 unspecified atom stereocenters. The fourth-order valence-corrected chi connectivity index (χ4v) is 6.37. The number of nitrogens with one attached hydrogen (secondary N) is 3. The molecule has 0 saturated heterocycles. The summed E-state index contributed by atoms with van der Waals surface area (Å²) in [7, 11) is -0.145. The molecule has 3 rings (SSSR count). The Morgan fingerprint density at radius 3 is 2.33 bits per heavy atom. The van der Waals surface area contributed by atoms with Gasteiger partial charge in [0.15, 0.2) is 0 Å². The minimum atomic E-state index is -0.171. The predicted molar refractivity (Wildman–Crippen MR) is 142 cm³/mol. The maximum absolute atomic E-state index is 13.2. The van der Waals surface area contributed by atoms with Crippen LogP contribution in [0.1, 0.15) is 78.1 Å². The van der Waals surface area contributed by atoms with Crippen molar-refractivity contribution in [2.75, 3.05) is 23.5 Å². The largest absolute Gasteiger partial charge is 0.377 e. The van der Waals surface area contributed by atoms with E-state index in [9.17, 15) is 9.59 Å². The molecule has 0 aromatic heterocycles. The number of carbonyl (C=O) groups is 2. The molecule has 1 aromatic rings. The number of rotatable bonds is 9. The molecule has 2 aliphatic carbocycles. The van der Waals surface area contributed by atoms with Gasteiger partial charge in [-0.2, -0.15) is 0 Å². The molecular formula is C26H39ClN3O2P. The zero-order valence-electron chi connectivity index (χ0n) is 20.3. The van der Waals surface area contributed by atoms with Gasteiger partial charge in [-0.05, 0) is 76.0 Å². The molecule has 1 saturated carbocycles. The molecule has 3 N–H and O–H groups in total. The van der Waals surface area contributed by atoms with E-state index in [1.165, 1.54) is 19.3 Å². The van der Waals surface area contributed by atoms with Gasteiger partial charge in [0.2, 0.25) is 5.91 Å². The fourth-order valence-electron chi connectivity index (χ4n) is 4.77. The Labute approximate surface area is 205 Å². The topological polar surface area (TPSA) is 70.2 Å². The van der Waals surface area contributed by atoms with Crippen LogP contribution in [0.4, 0.5) is 11.4 Å². The molecule has 1 aromatic carbocycles. The summed E-state index contributed by atoms with van der Waals surface area (Å²) in [6.45, 7) is 6.70. The highest BCUT2D eigenvalue weighted by Crippen LogP contribution is 2.40. The molecular weight excluding hydrogens is 453 g/mol. The molecule has 0 heterocycles. The van der Waals surface area contributed by atoms with Gasteiger partial charge >= 0.3 is 0 Å². The van der Waals surface area contributed by atoms with Gasteiger partial charge in [0.25, 0.3) is 5.91 Å². The maximum Gasteiger partial charge on any atom is 0.252 e. The Morgan fingerprint density at radius 2 is 1.70 bits per heavy atom. The molecule has 182 valence electrons. The van der Waals surface area contributed by atoms with E-state index >= 15 is 0 Å².